The molecule has 0 radical (unpaired) electrons. The first-order valence-electron chi connectivity index (χ1n) is 7.36. The Bertz CT molecular complexity index is 393. The standard InChI is InChI=1S/C15H27N3S/c1-6-9-13-17-14(16-8-3)12(5)15(18-13)19-10-11(4)7-2/h11H,6-10H2,1-5H3,(H,16,17,18). The first-order valence-corrected chi connectivity index (χ1v) is 8.35. The van der Waals surface area contributed by atoms with Gasteiger partial charge in [0.05, 0.1) is 0 Å². The van der Waals surface area contributed by atoms with Crippen molar-refractivity contribution in [2.45, 2.75) is 58.9 Å². The van der Waals surface area contributed by atoms with Gasteiger partial charge < -0.3 is 5.32 Å². The molecule has 0 aliphatic rings. The van der Waals surface area contributed by atoms with Crippen molar-refractivity contribution >= 4 is 17.6 Å². The molecule has 1 unspecified atom stereocenters. The molecule has 0 fully saturated rings. The van der Waals surface area contributed by atoms with Crippen LogP contribution >= 0.6 is 11.8 Å². The van der Waals surface area contributed by atoms with Gasteiger partial charge >= 0.3 is 0 Å². The van der Waals surface area contributed by atoms with Gasteiger partial charge in [-0.2, -0.15) is 0 Å². The number of aryl methyl sites for hydroxylation is 1. The highest BCUT2D eigenvalue weighted by Gasteiger charge is 2.11. The third kappa shape index (κ3) is 5.01. The van der Waals surface area contributed by atoms with Gasteiger partial charge in [0.15, 0.2) is 0 Å². The van der Waals surface area contributed by atoms with Gasteiger partial charge in [-0.25, -0.2) is 9.97 Å². The van der Waals surface area contributed by atoms with Crippen LogP contribution in [0.25, 0.3) is 0 Å². The van der Waals surface area contributed by atoms with Crippen LogP contribution in [0.4, 0.5) is 5.82 Å². The molecule has 1 heterocycles. The second-order valence-corrected chi connectivity index (χ2v) is 6.03. The van der Waals surface area contributed by atoms with Crippen molar-refractivity contribution in [1.82, 2.24) is 9.97 Å². The van der Waals surface area contributed by atoms with E-state index in [1.807, 2.05) is 11.8 Å². The highest BCUT2D eigenvalue weighted by atomic mass is 32.2. The number of nitrogens with one attached hydrogen (secondary N) is 1. The molecule has 0 aromatic carbocycles. The average Bonchev–Trinajstić information content (AvgIpc) is 2.40. The number of anilines is 1. The molecule has 0 saturated carbocycles. The molecule has 0 spiro atoms. The smallest absolute Gasteiger partial charge is 0.133 e. The minimum absolute atomic E-state index is 0.733. The van der Waals surface area contributed by atoms with Gasteiger partial charge in [-0.1, -0.05) is 27.2 Å². The quantitative estimate of drug-likeness (QED) is 0.569. The van der Waals surface area contributed by atoms with Crippen LogP contribution in [0.15, 0.2) is 5.03 Å². The lowest BCUT2D eigenvalue weighted by atomic mass is 10.2. The molecule has 108 valence electrons. The Hall–Kier alpha value is -0.770. The van der Waals surface area contributed by atoms with Crippen molar-refractivity contribution in [3.63, 3.8) is 0 Å². The normalized spacial score (nSPS) is 12.5. The minimum Gasteiger partial charge on any atom is -0.370 e. The highest BCUT2D eigenvalue weighted by Crippen LogP contribution is 2.27. The molecule has 0 aliphatic heterocycles. The predicted octanol–water partition coefficient (Wildman–Crippen LogP) is 4.31. The highest BCUT2D eigenvalue weighted by molar-refractivity contribution is 7.99. The van der Waals surface area contributed by atoms with Gasteiger partial charge in [-0.05, 0) is 26.2 Å². The van der Waals surface area contributed by atoms with Gasteiger partial charge in [-0.15, -0.1) is 11.8 Å². The third-order valence-corrected chi connectivity index (χ3v) is 4.57. The summed E-state index contributed by atoms with van der Waals surface area (Å²) in [6, 6.07) is 0. The van der Waals surface area contributed by atoms with E-state index in [1.165, 1.54) is 12.0 Å². The fourth-order valence-electron chi connectivity index (χ4n) is 1.69. The van der Waals surface area contributed by atoms with Gasteiger partial charge in [-0.3, -0.25) is 0 Å². The lowest BCUT2D eigenvalue weighted by Gasteiger charge is -2.14. The van der Waals surface area contributed by atoms with Crippen LogP contribution in [0.2, 0.25) is 0 Å². The molecule has 1 N–H and O–H groups in total. The van der Waals surface area contributed by atoms with E-state index in [0.29, 0.717) is 0 Å². The molecule has 1 atom stereocenters. The maximum absolute atomic E-state index is 4.72. The van der Waals surface area contributed by atoms with E-state index in [1.54, 1.807) is 0 Å². The van der Waals surface area contributed by atoms with E-state index in [9.17, 15) is 0 Å². The Morgan fingerprint density at radius 2 is 1.95 bits per heavy atom. The summed E-state index contributed by atoms with van der Waals surface area (Å²) in [5, 5.41) is 4.50. The fourth-order valence-corrected chi connectivity index (χ4v) is 2.86. The van der Waals surface area contributed by atoms with E-state index in [0.717, 1.165) is 47.7 Å². The lowest BCUT2D eigenvalue weighted by Crippen LogP contribution is -2.08. The summed E-state index contributed by atoms with van der Waals surface area (Å²) in [4.78, 5) is 9.35. The van der Waals surface area contributed by atoms with Crippen molar-refractivity contribution < 1.29 is 0 Å². The Morgan fingerprint density at radius 1 is 1.21 bits per heavy atom. The molecule has 4 heteroatoms. The summed E-state index contributed by atoms with van der Waals surface area (Å²) < 4.78 is 0. The maximum Gasteiger partial charge on any atom is 0.133 e. The first-order chi connectivity index (χ1) is 9.12. The van der Waals surface area contributed by atoms with Gasteiger partial charge in [0.25, 0.3) is 0 Å². The van der Waals surface area contributed by atoms with Crippen LogP contribution < -0.4 is 5.32 Å². The summed E-state index contributed by atoms with van der Waals surface area (Å²) in [6.07, 6.45) is 3.26. The van der Waals surface area contributed by atoms with E-state index in [-0.39, 0.29) is 0 Å². The number of rotatable bonds is 8. The zero-order valence-corrected chi connectivity index (χ0v) is 13.7. The average molecular weight is 281 g/mol. The molecule has 0 aliphatic carbocycles. The Morgan fingerprint density at radius 3 is 2.53 bits per heavy atom. The number of nitrogens with zero attached hydrogens (tertiary/aromatic N) is 2. The second-order valence-electron chi connectivity index (χ2n) is 5.02. The maximum atomic E-state index is 4.72. The molecule has 19 heavy (non-hydrogen) atoms. The van der Waals surface area contributed by atoms with E-state index >= 15 is 0 Å². The summed E-state index contributed by atoms with van der Waals surface area (Å²) in [5.41, 5.74) is 1.19. The van der Waals surface area contributed by atoms with E-state index in [4.69, 9.17) is 4.98 Å². The number of aromatic nitrogens is 2. The summed E-state index contributed by atoms with van der Waals surface area (Å²) >= 11 is 1.87. The molecule has 0 bridgehead atoms. The van der Waals surface area contributed by atoms with Crippen molar-refractivity contribution in [2.24, 2.45) is 5.92 Å². The Kier molecular flexibility index (Phi) is 7.21. The topological polar surface area (TPSA) is 37.8 Å². The zero-order valence-electron chi connectivity index (χ0n) is 12.9. The van der Waals surface area contributed by atoms with Gasteiger partial charge in [0, 0.05) is 24.3 Å². The monoisotopic (exact) mass is 281 g/mol. The zero-order chi connectivity index (χ0) is 14.3. The van der Waals surface area contributed by atoms with Crippen molar-refractivity contribution in [3.8, 4) is 0 Å². The van der Waals surface area contributed by atoms with Gasteiger partial charge in [0.2, 0.25) is 0 Å². The number of hydrogen-bond acceptors (Lipinski definition) is 4. The van der Waals surface area contributed by atoms with Crippen LogP contribution in [-0.2, 0) is 6.42 Å². The molecule has 1 rings (SSSR count). The summed E-state index contributed by atoms with van der Waals surface area (Å²) in [6.45, 7) is 11.8. The minimum atomic E-state index is 0.733. The largest absolute Gasteiger partial charge is 0.370 e. The van der Waals surface area contributed by atoms with Crippen molar-refractivity contribution in [2.75, 3.05) is 17.6 Å². The fraction of sp³-hybridized carbons (Fsp3) is 0.733. The molecule has 1 aromatic rings. The van der Waals surface area contributed by atoms with Crippen LogP contribution in [0, 0.1) is 12.8 Å². The molecule has 1 aromatic heterocycles. The predicted molar refractivity (Wildman–Crippen MR) is 85.1 cm³/mol. The van der Waals surface area contributed by atoms with Crippen LogP contribution in [0.5, 0.6) is 0 Å². The van der Waals surface area contributed by atoms with Gasteiger partial charge in [0.1, 0.15) is 16.7 Å². The number of hydrogen-bond donors (Lipinski definition) is 1. The van der Waals surface area contributed by atoms with Crippen LogP contribution in [0.1, 0.15) is 51.9 Å². The molecule has 0 saturated heterocycles. The summed E-state index contributed by atoms with van der Waals surface area (Å²) in [5.74, 6) is 3.84. The Balaban J connectivity index is 2.92. The SMILES string of the molecule is CCCc1nc(NCC)c(C)c(SCC(C)CC)n1. The Labute approximate surface area is 122 Å². The summed E-state index contributed by atoms with van der Waals surface area (Å²) in [7, 11) is 0. The van der Waals surface area contributed by atoms with Crippen molar-refractivity contribution in [3.05, 3.63) is 11.4 Å². The lowest BCUT2D eigenvalue weighted by molar-refractivity contribution is 0.636. The van der Waals surface area contributed by atoms with Crippen LogP contribution in [0.3, 0.4) is 0 Å². The first kappa shape index (κ1) is 16.3. The molecule has 3 nitrogen and oxygen atoms in total. The van der Waals surface area contributed by atoms with E-state index in [2.05, 4.69) is 44.9 Å². The molecular formula is C15H27N3S. The number of thioether (sulfide) groups is 1. The molecular weight excluding hydrogens is 254 g/mol. The van der Waals surface area contributed by atoms with Crippen molar-refractivity contribution in [1.29, 1.82) is 0 Å². The third-order valence-electron chi connectivity index (χ3n) is 3.17. The van der Waals surface area contributed by atoms with E-state index < -0.39 is 0 Å². The second kappa shape index (κ2) is 8.41. The van der Waals surface area contributed by atoms with Crippen LogP contribution in [-0.4, -0.2) is 22.3 Å². The molecule has 0 amide bonds.